The van der Waals surface area contributed by atoms with Crippen LogP contribution in [-0.2, 0) is 13.0 Å². The standard InChI is InChI=1S/C15H14F2N6O.ClH/c16-13(17)14-20-10-2-1-7(5-11(10)21-14)19-15(24)12-8-6-18-4-3-9(8)22-23-12;/h1-2,5,13,18H,3-4,6H2,(H,19,24)(H,20,21)(H,22,23);1H. The van der Waals surface area contributed by atoms with E-state index in [-0.39, 0.29) is 24.1 Å². The molecule has 4 rings (SSSR count). The topological polar surface area (TPSA) is 98.5 Å². The molecule has 0 saturated heterocycles. The van der Waals surface area contributed by atoms with Gasteiger partial charge in [0.05, 0.1) is 11.0 Å². The molecule has 0 atom stereocenters. The fraction of sp³-hybridized carbons (Fsp3) is 0.267. The van der Waals surface area contributed by atoms with Crippen molar-refractivity contribution >= 4 is 35.0 Å². The number of carbonyl (C=O) groups is 1. The molecule has 0 spiro atoms. The number of hydrogen-bond donors (Lipinski definition) is 4. The van der Waals surface area contributed by atoms with Crippen LogP contribution < -0.4 is 10.6 Å². The van der Waals surface area contributed by atoms with Crippen LogP contribution in [0.15, 0.2) is 18.2 Å². The van der Waals surface area contributed by atoms with Crippen molar-refractivity contribution in [2.75, 3.05) is 11.9 Å². The minimum atomic E-state index is -2.67. The van der Waals surface area contributed by atoms with Crippen LogP contribution in [-0.4, -0.2) is 32.6 Å². The third-order valence-electron chi connectivity index (χ3n) is 3.99. The lowest BCUT2D eigenvalue weighted by molar-refractivity contribution is 0.102. The van der Waals surface area contributed by atoms with Crippen LogP contribution in [0.1, 0.15) is 34.0 Å². The number of hydrogen-bond acceptors (Lipinski definition) is 4. The smallest absolute Gasteiger partial charge is 0.295 e. The highest BCUT2D eigenvalue weighted by Crippen LogP contribution is 2.23. The summed E-state index contributed by atoms with van der Waals surface area (Å²) in [7, 11) is 0. The van der Waals surface area contributed by atoms with Crippen molar-refractivity contribution in [1.29, 1.82) is 0 Å². The highest BCUT2D eigenvalue weighted by Gasteiger charge is 2.21. The molecular weight excluding hydrogens is 354 g/mol. The third-order valence-corrected chi connectivity index (χ3v) is 3.99. The Bertz CT molecular complexity index is 922. The van der Waals surface area contributed by atoms with E-state index in [0.717, 1.165) is 24.2 Å². The molecule has 10 heteroatoms. The normalized spacial score (nSPS) is 13.6. The lowest BCUT2D eigenvalue weighted by atomic mass is 10.1. The van der Waals surface area contributed by atoms with Gasteiger partial charge in [-0.1, -0.05) is 0 Å². The molecule has 0 unspecified atom stereocenters. The van der Waals surface area contributed by atoms with Crippen LogP contribution in [0.5, 0.6) is 0 Å². The van der Waals surface area contributed by atoms with E-state index in [1.165, 1.54) is 0 Å². The van der Waals surface area contributed by atoms with Crippen molar-refractivity contribution in [1.82, 2.24) is 25.5 Å². The number of amides is 1. The van der Waals surface area contributed by atoms with Gasteiger partial charge in [-0.25, -0.2) is 13.8 Å². The van der Waals surface area contributed by atoms with Gasteiger partial charge < -0.3 is 15.6 Å². The summed E-state index contributed by atoms with van der Waals surface area (Å²) in [6.07, 6.45) is -1.87. The van der Waals surface area contributed by atoms with E-state index in [1.54, 1.807) is 18.2 Å². The SMILES string of the molecule is Cl.O=C(Nc1ccc2nc(C(F)F)[nH]c2c1)c1n[nH]c2c1CNCC2. The van der Waals surface area contributed by atoms with Crippen LogP contribution in [0.3, 0.4) is 0 Å². The number of aromatic nitrogens is 4. The van der Waals surface area contributed by atoms with Crippen molar-refractivity contribution in [3.63, 3.8) is 0 Å². The summed E-state index contributed by atoms with van der Waals surface area (Å²) >= 11 is 0. The Labute approximate surface area is 147 Å². The number of H-pyrrole nitrogens is 2. The predicted molar refractivity (Wildman–Crippen MR) is 90.3 cm³/mol. The Hall–Kier alpha value is -2.52. The molecule has 4 N–H and O–H groups in total. The zero-order chi connectivity index (χ0) is 16.7. The number of carbonyl (C=O) groups excluding carboxylic acids is 1. The molecular formula is C15H15ClF2N6O. The summed E-state index contributed by atoms with van der Waals surface area (Å²) in [5.74, 6) is -0.731. The van der Waals surface area contributed by atoms with Crippen LogP contribution in [0, 0.1) is 0 Å². The van der Waals surface area contributed by atoms with Crippen LogP contribution in [0.25, 0.3) is 11.0 Å². The Balaban J connectivity index is 0.00000182. The third kappa shape index (κ3) is 3.20. The number of nitrogens with one attached hydrogen (secondary N) is 4. The number of anilines is 1. The maximum Gasteiger partial charge on any atom is 0.295 e. The Morgan fingerprint density at radius 2 is 2.16 bits per heavy atom. The molecule has 0 saturated carbocycles. The first-order valence-corrected chi connectivity index (χ1v) is 7.48. The second-order valence-electron chi connectivity index (χ2n) is 5.56. The van der Waals surface area contributed by atoms with E-state index in [2.05, 4.69) is 30.8 Å². The van der Waals surface area contributed by atoms with Crippen molar-refractivity contribution in [3.05, 3.63) is 41.0 Å². The molecule has 0 radical (unpaired) electrons. The van der Waals surface area contributed by atoms with Gasteiger partial charge in [0, 0.05) is 36.5 Å². The van der Waals surface area contributed by atoms with Gasteiger partial charge in [-0.05, 0) is 18.2 Å². The summed E-state index contributed by atoms with van der Waals surface area (Å²) in [5.41, 5.74) is 3.51. The number of benzene rings is 1. The molecule has 1 amide bonds. The van der Waals surface area contributed by atoms with Crippen molar-refractivity contribution in [2.45, 2.75) is 19.4 Å². The van der Waals surface area contributed by atoms with Gasteiger partial charge in [0.1, 0.15) is 0 Å². The zero-order valence-corrected chi connectivity index (χ0v) is 13.7. The number of halogens is 3. The lowest BCUT2D eigenvalue weighted by Gasteiger charge is -2.12. The second-order valence-corrected chi connectivity index (χ2v) is 5.56. The molecule has 1 aliphatic rings. The molecule has 0 aliphatic carbocycles. The van der Waals surface area contributed by atoms with Gasteiger partial charge in [-0.15, -0.1) is 12.4 Å². The first-order valence-electron chi connectivity index (χ1n) is 7.48. The Morgan fingerprint density at radius 1 is 1.32 bits per heavy atom. The molecule has 132 valence electrons. The first kappa shape index (κ1) is 17.3. The van der Waals surface area contributed by atoms with Gasteiger partial charge >= 0.3 is 0 Å². The van der Waals surface area contributed by atoms with Gasteiger partial charge in [0.2, 0.25) is 0 Å². The monoisotopic (exact) mass is 368 g/mol. The minimum Gasteiger partial charge on any atom is -0.337 e. The number of nitrogens with zero attached hydrogens (tertiary/aromatic N) is 2. The van der Waals surface area contributed by atoms with E-state index in [1.807, 2.05) is 0 Å². The Kier molecular flexibility index (Phi) is 4.69. The van der Waals surface area contributed by atoms with Crippen molar-refractivity contribution in [3.8, 4) is 0 Å². The van der Waals surface area contributed by atoms with Gasteiger partial charge in [0.15, 0.2) is 11.5 Å². The molecule has 1 aliphatic heterocycles. The average Bonchev–Trinajstić information content (AvgIpc) is 3.18. The second kappa shape index (κ2) is 6.77. The number of imidazole rings is 1. The van der Waals surface area contributed by atoms with Gasteiger partial charge in [0.25, 0.3) is 12.3 Å². The van der Waals surface area contributed by atoms with Crippen molar-refractivity contribution < 1.29 is 13.6 Å². The summed E-state index contributed by atoms with van der Waals surface area (Å²) in [5, 5.41) is 12.9. The number of fused-ring (bicyclic) bond motifs is 2. The molecule has 7 nitrogen and oxygen atoms in total. The fourth-order valence-electron chi connectivity index (χ4n) is 2.81. The van der Waals surface area contributed by atoms with E-state index in [0.29, 0.717) is 29.0 Å². The van der Waals surface area contributed by atoms with E-state index in [9.17, 15) is 13.6 Å². The maximum atomic E-state index is 12.7. The van der Waals surface area contributed by atoms with E-state index >= 15 is 0 Å². The first-order chi connectivity index (χ1) is 11.6. The van der Waals surface area contributed by atoms with Gasteiger partial charge in [-0.2, -0.15) is 5.10 Å². The number of aromatic amines is 2. The van der Waals surface area contributed by atoms with E-state index < -0.39 is 6.43 Å². The molecule has 1 aromatic carbocycles. The minimum absolute atomic E-state index is 0. The average molecular weight is 369 g/mol. The van der Waals surface area contributed by atoms with Gasteiger partial charge in [-0.3, -0.25) is 9.89 Å². The molecule has 0 fully saturated rings. The van der Waals surface area contributed by atoms with Crippen LogP contribution in [0.4, 0.5) is 14.5 Å². The maximum absolute atomic E-state index is 12.7. The summed E-state index contributed by atoms with van der Waals surface area (Å²) in [6.45, 7) is 1.44. The summed E-state index contributed by atoms with van der Waals surface area (Å²) in [4.78, 5) is 18.8. The molecule has 3 heterocycles. The lowest BCUT2D eigenvalue weighted by Crippen LogP contribution is -2.25. The number of alkyl halides is 2. The molecule has 2 aromatic heterocycles. The zero-order valence-electron chi connectivity index (χ0n) is 12.9. The molecule has 0 bridgehead atoms. The number of rotatable bonds is 3. The molecule has 25 heavy (non-hydrogen) atoms. The quantitative estimate of drug-likeness (QED) is 0.571. The molecule has 3 aromatic rings. The summed E-state index contributed by atoms with van der Waals surface area (Å²) in [6, 6.07) is 4.77. The highest BCUT2D eigenvalue weighted by atomic mass is 35.5. The van der Waals surface area contributed by atoms with Crippen LogP contribution >= 0.6 is 12.4 Å². The predicted octanol–water partition coefficient (Wildman–Crippen LogP) is 2.54. The van der Waals surface area contributed by atoms with Crippen LogP contribution in [0.2, 0.25) is 0 Å². The van der Waals surface area contributed by atoms with Crippen molar-refractivity contribution in [2.24, 2.45) is 0 Å². The largest absolute Gasteiger partial charge is 0.337 e. The summed E-state index contributed by atoms with van der Waals surface area (Å²) < 4.78 is 25.4. The van der Waals surface area contributed by atoms with E-state index in [4.69, 9.17) is 0 Å². The Morgan fingerprint density at radius 3 is 2.96 bits per heavy atom. The fourth-order valence-corrected chi connectivity index (χ4v) is 2.81. The highest BCUT2D eigenvalue weighted by molar-refractivity contribution is 6.04.